The van der Waals surface area contributed by atoms with Gasteiger partial charge in [-0.3, -0.25) is 4.99 Å². The largest absolute Gasteiger partial charge is 0.610 e. The quantitative estimate of drug-likeness (QED) is 0.368. The summed E-state index contributed by atoms with van der Waals surface area (Å²) in [6, 6.07) is 0. The van der Waals surface area contributed by atoms with Gasteiger partial charge in [0.25, 0.3) is 0 Å². The van der Waals surface area contributed by atoms with Crippen molar-refractivity contribution in [3.63, 3.8) is 0 Å². The number of hydrogen-bond acceptors (Lipinski definition) is 3. The van der Waals surface area contributed by atoms with Crippen LogP contribution in [0.3, 0.4) is 0 Å². The average molecular weight is 199 g/mol. The highest BCUT2D eigenvalue weighted by Gasteiger charge is 1.91. The highest BCUT2D eigenvalue weighted by atomic mass is 15.4. The minimum atomic E-state index is 0.836. The van der Waals surface area contributed by atoms with Gasteiger partial charge in [-0.2, -0.15) is 0 Å². The minimum absolute atomic E-state index is 0.836. The van der Waals surface area contributed by atoms with Crippen molar-refractivity contribution in [2.24, 2.45) is 4.99 Å². The molecule has 0 heterocycles. The van der Waals surface area contributed by atoms with Crippen molar-refractivity contribution in [1.82, 2.24) is 10.3 Å². The number of nitrogens with zero attached hydrogens (tertiary/aromatic N) is 2. The van der Waals surface area contributed by atoms with Gasteiger partial charge in [0, 0.05) is 12.8 Å². The Kier molecular flexibility index (Phi) is 8.83. The summed E-state index contributed by atoms with van der Waals surface area (Å²) in [5.41, 5.74) is 1.22. The summed E-state index contributed by atoms with van der Waals surface area (Å²) < 4.78 is 0. The van der Waals surface area contributed by atoms with E-state index in [1.165, 1.54) is 10.7 Å². The molecule has 14 heavy (non-hydrogen) atoms. The van der Waals surface area contributed by atoms with E-state index in [4.69, 9.17) is 5.84 Å². The predicted octanol–water partition coefficient (Wildman–Crippen LogP) is 1.74. The lowest BCUT2D eigenvalue weighted by Crippen LogP contribution is -2.21. The van der Waals surface area contributed by atoms with Crippen LogP contribution in [0.1, 0.15) is 26.2 Å². The van der Waals surface area contributed by atoms with Crippen LogP contribution < -0.4 is 5.32 Å². The highest BCUT2D eigenvalue weighted by molar-refractivity contribution is 5.81. The average Bonchev–Trinajstić information content (AvgIpc) is 2.15. The second-order valence-electron chi connectivity index (χ2n) is 3.59. The monoisotopic (exact) mass is 199 g/mol. The van der Waals surface area contributed by atoms with Crippen LogP contribution in [0.25, 0.3) is 5.84 Å². The van der Waals surface area contributed by atoms with Crippen molar-refractivity contribution in [3.05, 3.63) is 5.84 Å². The van der Waals surface area contributed by atoms with Crippen LogP contribution in [0.2, 0.25) is 0 Å². The fourth-order valence-electron chi connectivity index (χ4n) is 1.15. The van der Waals surface area contributed by atoms with E-state index in [2.05, 4.69) is 17.2 Å². The molecule has 0 saturated heterocycles. The van der Waals surface area contributed by atoms with Gasteiger partial charge >= 0.3 is 0 Å². The maximum Gasteiger partial charge on any atom is 0.0276 e. The number of hydrogen-bond donors (Lipinski definition) is 1. The molecule has 0 aliphatic carbocycles. The fourth-order valence-corrected chi connectivity index (χ4v) is 1.15. The highest BCUT2D eigenvalue weighted by Crippen LogP contribution is 1.91. The molecule has 0 rings (SSSR count). The molecule has 0 aromatic rings. The first-order valence-corrected chi connectivity index (χ1v) is 5.22. The van der Waals surface area contributed by atoms with E-state index in [0.29, 0.717) is 0 Å². The van der Waals surface area contributed by atoms with Gasteiger partial charge in [-0.05, 0) is 52.9 Å². The summed E-state index contributed by atoms with van der Waals surface area (Å²) >= 11 is 0. The zero-order valence-corrected chi connectivity index (χ0v) is 9.64. The van der Waals surface area contributed by atoms with Crippen molar-refractivity contribution in [3.8, 4) is 0 Å². The van der Waals surface area contributed by atoms with E-state index in [0.717, 1.165) is 38.9 Å². The predicted molar refractivity (Wildman–Crippen MR) is 62.7 cm³/mol. The summed E-state index contributed by atoms with van der Waals surface area (Å²) in [4.78, 5) is 4.10. The first-order chi connectivity index (χ1) is 6.66. The SMILES string of the molecule is CN=C(C)CCCNCCCN(C)[NH-]. The lowest BCUT2D eigenvalue weighted by Gasteiger charge is -2.19. The van der Waals surface area contributed by atoms with Crippen LogP contribution in [-0.2, 0) is 0 Å². The molecule has 2 N–H and O–H groups in total. The Morgan fingerprint density at radius 1 is 1.36 bits per heavy atom. The summed E-state index contributed by atoms with van der Waals surface area (Å²) in [5, 5.41) is 4.82. The van der Waals surface area contributed by atoms with Crippen LogP contribution in [0.5, 0.6) is 0 Å². The number of nitrogens with one attached hydrogen (secondary N) is 2. The molecule has 0 amide bonds. The molecule has 0 radical (unpaired) electrons. The van der Waals surface area contributed by atoms with Gasteiger partial charge in [-0.15, -0.1) is 0 Å². The van der Waals surface area contributed by atoms with Crippen molar-refractivity contribution < 1.29 is 0 Å². The lowest BCUT2D eigenvalue weighted by atomic mass is 10.2. The maximum atomic E-state index is 7.17. The third kappa shape index (κ3) is 9.64. The van der Waals surface area contributed by atoms with E-state index >= 15 is 0 Å². The van der Waals surface area contributed by atoms with E-state index in [1.54, 1.807) is 7.05 Å². The minimum Gasteiger partial charge on any atom is -0.610 e. The molecular weight excluding hydrogens is 176 g/mol. The second kappa shape index (κ2) is 9.12. The summed E-state index contributed by atoms with van der Waals surface area (Å²) in [6.07, 6.45) is 3.28. The Bertz CT molecular complexity index is 154. The first kappa shape index (κ1) is 13.5. The molecule has 0 aromatic carbocycles. The Labute approximate surface area is 87.5 Å². The van der Waals surface area contributed by atoms with E-state index < -0.39 is 0 Å². The number of rotatable bonds is 8. The van der Waals surface area contributed by atoms with Gasteiger partial charge in [0.1, 0.15) is 0 Å². The zero-order valence-electron chi connectivity index (χ0n) is 9.64. The van der Waals surface area contributed by atoms with Crippen molar-refractivity contribution >= 4 is 5.71 Å². The third-order valence-corrected chi connectivity index (χ3v) is 2.12. The van der Waals surface area contributed by atoms with Crippen LogP contribution in [-0.4, -0.2) is 44.5 Å². The first-order valence-electron chi connectivity index (χ1n) is 5.22. The van der Waals surface area contributed by atoms with Crippen LogP contribution in [0, 0.1) is 0 Å². The Balaban J connectivity index is 3.07. The second-order valence-corrected chi connectivity index (χ2v) is 3.59. The maximum absolute atomic E-state index is 7.17. The van der Waals surface area contributed by atoms with Gasteiger partial charge in [-0.25, -0.2) is 0 Å². The molecule has 0 aliphatic heterocycles. The molecule has 0 bridgehead atoms. The Morgan fingerprint density at radius 3 is 2.57 bits per heavy atom. The van der Waals surface area contributed by atoms with Crippen LogP contribution in [0.4, 0.5) is 0 Å². The fraction of sp³-hybridized carbons (Fsp3) is 0.900. The molecule has 84 valence electrons. The molecule has 0 spiro atoms. The summed E-state index contributed by atoms with van der Waals surface area (Å²) in [7, 11) is 3.62. The normalized spacial score (nSPS) is 12.5. The molecule has 0 atom stereocenters. The van der Waals surface area contributed by atoms with E-state index in [-0.39, 0.29) is 0 Å². The van der Waals surface area contributed by atoms with Crippen LogP contribution in [0.15, 0.2) is 4.99 Å². The molecule has 0 aliphatic rings. The van der Waals surface area contributed by atoms with Crippen molar-refractivity contribution in [2.45, 2.75) is 26.2 Å². The molecular formula is C10H23N4-. The molecule has 4 heteroatoms. The van der Waals surface area contributed by atoms with Gasteiger partial charge in [0.05, 0.1) is 0 Å². The Morgan fingerprint density at radius 2 is 2.00 bits per heavy atom. The van der Waals surface area contributed by atoms with E-state index in [1.807, 2.05) is 7.05 Å². The molecule has 4 nitrogen and oxygen atoms in total. The van der Waals surface area contributed by atoms with Gasteiger partial charge in [-0.1, -0.05) is 0 Å². The topological polar surface area (TPSA) is 51.4 Å². The van der Waals surface area contributed by atoms with Crippen LogP contribution >= 0.6 is 0 Å². The van der Waals surface area contributed by atoms with Crippen molar-refractivity contribution in [1.29, 1.82) is 0 Å². The third-order valence-electron chi connectivity index (χ3n) is 2.12. The van der Waals surface area contributed by atoms with Gasteiger partial charge in [0.2, 0.25) is 0 Å². The van der Waals surface area contributed by atoms with E-state index in [9.17, 15) is 0 Å². The molecule has 0 fully saturated rings. The molecule has 0 saturated carbocycles. The summed E-state index contributed by atoms with van der Waals surface area (Å²) in [5.74, 6) is 7.17. The van der Waals surface area contributed by atoms with Gasteiger partial charge < -0.3 is 16.2 Å². The Hall–Kier alpha value is -0.450. The standard InChI is InChI=1S/C10H23N4/c1-10(12-2)6-4-7-13-8-5-9-14(3)11/h11,13H,4-9H2,1-3H3/q-1. The van der Waals surface area contributed by atoms with Gasteiger partial charge in [0.15, 0.2) is 0 Å². The van der Waals surface area contributed by atoms with Crippen molar-refractivity contribution in [2.75, 3.05) is 33.7 Å². The number of aliphatic imine (C=N–C) groups is 1. The summed E-state index contributed by atoms with van der Waals surface area (Å²) in [6.45, 7) is 4.96. The zero-order chi connectivity index (χ0) is 10.8. The smallest absolute Gasteiger partial charge is 0.0276 e. The lowest BCUT2D eigenvalue weighted by molar-refractivity contribution is 0.436. The molecule has 0 unspecified atom stereocenters. The molecule has 0 aromatic heterocycles.